The van der Waals surface area contributed by atoms with Crippen molar-refractivity contribution in [3.8, 4) is 0 Å². The van der Waals surface area contributed by atoms with E-state index >= 15 is 0 Å². The van der Waals surface area contributed by atoms with Gasteiger partial charge in [-0.25, -0.2) is 25.6 Å². The highest BCUT2D eigenvalue weighted by Crippen LogP contribution is 2.51. The standard InChI is InChI=1S/2C16H21FN2O2S/c2*1-10-15(2)8-4-5-14(22(15,20)21)16(3,19-10)12-9-11(18)6-7-13(12)17/h2*6-7,9,14H,4-5,8,18H2,1-3H3/t14-,15+,16+;14-,15+,16-/m01/s1. The Balaban J connectivity index is 0.000000175. The minimum Gasteiger partial charge on any atom is -0.399 e. The zero-order valence-corrected chi connectivity index (χ0v) is 27.7. The van der Waals surface area contributed by atoms with E-state index in [-0.39, 0.29) is 11.1 Å². The van der Waals surface area contributed by atoms with Crippen LogP contribution in [0.5, 0.6) is 0 Å². The Morgan fingerprint density at radius 2 is 1.02 bits per heavy atom. The summed E-state index contributed by atoms with van der Waals surface area (Å²) < 4.78 is 79.2. The highest BCUT2D eigenvalue weighted by atomic mass is 32.2. The average Bonchev–Trinajstić information content (AvgIpc) is 2.92. The minimum absolute atomic E-state index is 0.268. The molecule has 4 aliphatic heterocycles. The van der Waals surface area contributed by atoms with E-state index in [0.717, 1.165) is 12.8 Å². The fraction of sp³-hybridized carbons (Fsp3) is 0.562. The van der Waals surface area contributed by atoms with Crippen LogP contribution < -0.4 is 11.5 Å². The third-order valence-electron chi connectivity index (χ3n) is 10.9. The molecule has 6 rings (SSSR count). The van der Waals surface area contributed by atoms with E-state index in [2.05, 4.69) is 9.98 Å². The van der Waals surface area contributed by atoms with Crippen LogP contribution in [0.15, 0.2) is 46.4 Å². The summed E-state index contributed by atoms with van der Waals surface area (Å²) in [6, 6.07) is 8.54. The SMILES string of the molecule is CC1=N[C@](C)(c2cc(N)ccc2F)[C@@H]2CCC[C@@]1(C)S2(=O)=O.CC1=N[C@](C)(c2cc(N)ccc2F)[C@H]2CCC[C@]1(C)S2(=O)=O. The first kappa shape index (κ1) is 32.5. The third-order valence-corrected chi connectivity index (χ3v) is 17.3. The summed E-state index contributed by atoms with van der Waals surface area (Å²) in [5.41, 5.74) is 11.8. The Morgan fingerprint density at radius 3 is 1.36 bits per heavy atom. The Bertz CT molecular complexity index is 1680. The highest BCUT2D eigenvalue weighted by molar-refractivity contribution is 7.94. The molecule has 6 atom stereocenters. The number of nitrogens with zero attached hydrogens (tertiary/aromatic N) is 2. The summed E-state index contributed by atoms with van der Waals surface area (Å²) in [6.07, 6.45) is 3.76. The molecule has 12 heteroatoms. The predicted octanol–water partition coefficient (Wildman–Crippen LogP) is 5.65. The first-order valence-corrected chi connectivity index (χ1v) is 18.1. The van der Waals surface area contributed by atoms with Gasteiger partial charge in [0.1, 0.15) is 32.2 Å². The van der Waals surface area contributed by atoms with Crippen LogP contribution in [0.2, 0.25) is 0 Å². The van der Waals surface area contributed by atoms with Crippen molar-refractivity contribution in [2.75, 3.05) is 11.5 Å². The molecule has 8 nitrogen and oxygen atoms in total. The van der Waals surface area contributed by atoms with Crippen molar-refractivity contribution in [1.29, 1.82) is 0 Å². The van der Waals surface area contributed by atoms with Gasteiger partial charge in [0.15, 0.2) is 19.7 Å². The maximum absolute atomic E-state index is 14.4. The summed E-state index contributed by atoms with van der Waals surface area (Å²) in [5.74, 6) is -0.921. The summed E-state index contributed by atoms with van der Waals surface area (Å²) in [5, 5.41) is -1.42. The average molecular weight is 649 g/mol. The van der Waals surface area contributed by atoms with E-state index in [0.29, 0.717) is 48.5 Å². The number of benzene rings is 2. The molecular formula is C32H42F2N4O4S2. The molecule has 4 heterocycles. The van der Waals surface area contributed by atoms with E-state index in [9.17, 15) is 25.6 Å². The Kier molecular flexibility index (Phi) is 7.64. The zero-order chi connectivity index (χ0) is 32.7. The first-order valence-electron chi connectivity index (χ1n) is 15.0. The van der Waals surface area contributed by atoms with Crippen LogP contribution in [0.25, 0.3) is 0 Å². The maximum atomic E-state index is 14.4. The Morgan fingerprint density at radius 1 is 0.682 bits per heavy atom. The van der Waals surface area contributed by atoms with Gasteiger partial charge in [-0.1, -0.05) is 12.8 Å². The van der Waals surface area contributed by atoms with E-state index < -0.39 is 62.4 Å². The second-order valence-corrected chi connectivity index (χ2v) is 18.6. The van der Waals surface area contributed by atoms with Gasteiger partial charge in [0, 0.05) is 33.9 Å². The van der Waals surface area contributed by atoms with E-state index in [1.54, 1.807) is 41.5 Å². The number of anilines is 2. The number of nitrogens with two attached hydrogens (primary N) is 2. The summed E-state index contributed by atoms with van der Waals surface area (Å²) in [4.78, 5) is 9.36. The fourth-order valence-corrected chi connectivity index (χ4v) is 13.4. The summed E-state index contributed by atoms with van der Waals surface area (Å²) in [7, 11) is -6.88. The number of hydrogen-bond acceptors (Lipinski definition) is 8. The van der Waals surface area contributed by atoms with Crippen molar-refractivity contribution < 1.29 is 25.6 Å². The molecule has 2 aromatic carbocycles. The number of halogens is 2. The lowest BCUT2D eigenvalue weighted by molar-refractivity contribution is 0.356. The molecule has 4 N–H and O–H groups in total. The van der Waals surface area contributed by atoms with Gasteiger partial charge in [-0.15, -0.1) is 0 Å². The number of rotatable bonds is 2. The largest absolute Gasteiger partial charge is 0.399 e. The topological polar surface area (TPSA) is 145 Å². The molecule has 0 aliphatic carbocycles. The molecule has 0 saturated carbocycles. The molecule has 0 amide bonds. The molecule has 4 bridgehead atoms. The van der Waals surface area contributed by atoms with Gasteiger partial charge in [-0.2, -0.15) is 0 Å². The number of sulfone groups is 2. The highest BCUT2D eigenvalue weighted by Gasteiger charge is 2.61. The van der Waals surface area contributed by atoms with Gasteiger partial charge in [-0.05, 0) is 104 Å². The van der Waals surface area contributed by atoms with Crippen LogP contribution in [-0.2, 0) is 30.8 Å². The second-order valence-electron chi connectivity index (χ2n) is 13.5. The Labute approximate surface area is 259 Å². The van der Waals surface area contributed by atoms with Gasteiger partial charge in [0.2, 0.25) is 0 Å². The monoisotopic (exact) mass is 648 g/mol. The lowest BCUT2D eigenvalue weighted by atomic mass is 9.81. The minimum atomic E-state index is -3.44. The third kappa shape index (κ3) is 4.45. The molecule has 0 unspecified atom stereocenters. The second kappa shape index (κ2) is 10.3. The molecule has 4 aliphatic rings. The smallest absolute Gasteiger partial charge is 0.166 e. The van der Waals surface area contributed by atoms with Crippen molar-refractivity contribution in [3.05, 3.63) is 59.2 Å². The lowest BCUT2D eigenvalue weighted by Crippen LogP contribution is -2.60. The fourth-order valence-electron chi connectivity index (χ4n) is 7.82. The lowest BCUT2D eigenvalue weighted by Gasteiger charge is -2.49. The summed E-state index contributed by atoms with van der Waals surface area (Å²) in [6.45, 7) is 10.4. The molecule has 44 heavy (non-hydrogen) atoms. The molecule has 0 aromatic heterocycles. The zero-order valence-electron chi connectivity index (χ0n) is 26.1. The van der Waals surface area contributed by atoms with Gasteiger partial charge >= 0.3 is 0 Å². The van der Waals surface area contributed by atoms with Crippen molar-refractivity contribution in [1.82, 2.24) is 0 Å². The van der Waals surface area contributed by atoms with Crippen molar-refractivity contribution in [3.63, 3.8) is 0 Å². The van der Waals surface area contributed by atoms with Crippen LogP contribution in [0.1, 0.15) is 91.2 Å². The number of nitrogen functional groups attached to an aromatic ring is 2. The van der Waals surface area contributed by atoms with Crippen LogP contribution in [0.3, 0.4) is 0 Å². The van der Waals surface area contributed by atoms with E-state index in [4.69, 9.17) is 11.5 Å². The number of aliphatic imine (C=N–C) groups is 2. The molecule has 2 aromatic rings. The van der Waals surface area contributed by atoms with Gasteiger partial charge in [0.25, 0.3) is 0 Å². The molecule has 0 radical (unpaired) electrons. The Hall–Kier alpha value is -2.86. The molecule has 240 valence electrons. The quantitative estimate of drug-likeness (QED) is 0.403. The molecule has 2 fully saturated rings. The number of hydrogen-bond donors (Lipinski definition) is 2. The molecule has 0 spiro atoms. The van der Waals surface area contributed by atoms with Crippen LogP contribution in [0.4, 0.5) is 20.2 Å². The van der Waals surface area contributed by atoms with Gasteiger partial charge in [0.05, 0.1) is 10.5 Å². The molecule has 2 saturated heterocycles. The van der Waals surface area contributed by atoms with Crippen molar-refractivity contribution in [2.45, 2.75) is 111 Å². The summed E-state index contributed by atoms with van der Waals surface area (Å²) >= 11 is 0. The van der Waals surface area contributed by atoms with E-state index in [1.807, 2.05) is 0 Å². The van der Waals surface area contributed by atoms with Crippen LogP contribution in [0, 0.1) is 11.6 Å². The van der Waals surface area contributed by atoms with Crippen molar-refractivity contribution in [2.24, 2.45) is 9.98 Å². The predicted molar refractivity (Wildman–Crippen MR) is 172 cm³/mol. The normalized spacial score (nSPS) is 36.7. The van der Waals surface area contributed by atoms with Crippen LogP contribution >= 0.6 is 0 Å². The van der Waals surface area contributed by atoms with Gasteiger partial charge < -0.3 is 11.5 Å². The first-order chi connectivity index (χ1) is 20.3. The maximum Gasteiger partial charge on any atom is 0.166 e. The molecular weight excluding hydrogens is 607 g/mol. The van der Waals surface area contributed by atoms with E-state index in [1.165, 1.54) is 36.4 Å². The van der Waals surface area contributed by atoms with Gasteiger partial charge in [-0.3, -0.25) is 9.98 Å². The number of fused-ring (bicyclic) bond motifs is 4. The van der Waals surface area contributed by atoms with Crippen LogP contribution in [-0.4, -0.2) is 48.3 Å². The van der Waals surface area contributed by atoms with Crippen molar-refractivity contribution >= 4 is 42.5 Å².